The Morgan fingerprint density at radius 1 is 0.478 bits per heavy atom. The van der Waals surface area contributed by atoms with E-state index >= 15 is 0 Å². The van der Waals surface area contributed by atoms with E-state index in [1.807, 2.05) is 0 Å². The minimum Gasteiger partial charge on any atom is -0.0625 e. The van der Waals surface area contributed by atoms with Crippen LogP contribution >= 0.6 is 0 Å². The summed E-state index contributed by atoms with van der Waals surface area (Å²) in [6.07, 6.45) is 14.2. The van der Waals surface area contributed by atoms with Gasteiger partial charge in [0.15, 0.2) is 0 Å². The molecule has 0 aromatic carbocycles. The fourth-order valence-electron chi connectivity index (χ4n) is 9.18. The second kappa shape index (κ2) is 5.50. The lowest BCUT2D eigenvalue weighted by Crippen LogP contribution is -2.58. The summed E-state index contributed by atoms with van der Waals surface area (Å²) in [6.45, 7) is 7.79. The smallest absolute Gasteiger partial charge is 0.0321 e. The summed E-state index contributed by atoms with van der Waals surface area (Å²) in [5.74, 6) is 12.1. The molecule has 5 saturated carbocycles. The molecule has 0 amide bonds. The van der Waals surface area contributed by atoms with E-state index in [1.165, 1.54) is 0 Å². The monoisotopic (exact) mass is 314 g/mol. The number of hydrogen-bond donors (Lipinski definition) is 0. The summed E-state index contributed by atoms with van der Waals surface area (Å²) in [7, 11) is 0. The van der Waals surface area contributed by atoms with E-state index in [0.717, 1.165) is 65.1 Å². The Kier molecular flexibility index (Phi) is 3.65. The third-order valence-corrected chi connectivity index (χ3v) is 9.86. The van der Waals surface area contributed by atoms with E-state index in [1.54, 1.807) is 57.8 Å². The van der Waals surface area contributed by atoms with Gasteiger partial charge in [-0.2, -0.15) is 0 Å². The zero-order chi connectivity index (χ0) is 15.7. The van der Waals surface area contributed by atoms with Crippen LogP contribution in [-0.4, -0.2) is 0 Å². The molecule has 0 aromatic heterocycles. The third-order valence-electron chi connectivity index (χ3n) is 9.86. The van der Waals surface area contributed by atoms with Crippen molar-refractivity contribution in [1.29, 1.82) is 0 Å². The molecule has 0 saturated heterocycles. The molecule has 0 aromatic rings. The van der Waals surface area contributed by atoms with Gasteiger partial charge in [-0.25, -0.2) is 0 Å². The Bertz CT molecular complexity index is 453. The molecule has 5 aliphatic rings. The average molecular weight is 315 g/mol. The van der Waals surface area contributed by atoms with E-state index in [0.29, 0.717) is 0 Å². The van der Waals surface area contributed by atoms with E-state index in [-0.39, 0.29) is 0 Å². The quantitative estimate of drug-likeness (QED) is 0.485. The van der Waals surface area contributed by atoms with Crippen molar-refractivity contribution < 1.29 is 0 Å². The molecule has 0 aliphatic heterocycles. The fourth-order valence-corrected chi connectivity index (χ4v) is 9.18. The van der Waals surface area contributed by atoms with Gasteiger partial charge in [0.25, 0.3) is 0 Å². The number of rotatable bonds is 0. The summed E-state index contributed by atoms with van der Waals surface area (Å²) >= 11 is 0. The van der Waals surface area contributed by atoms with Crippen LogP contribution in [-0.2, 0) is 0 Å². The molecule has 0 heteroatoms. The third kappa shape index (κ3) is 2.15. The maximum Gasteiger partial charge on any atom is -0.0321 e. The van der Waals surface area contributed by atoms with Gasteiger partial charge >= 0.3 is 0 Å². The van der Waals surface area contributed by atoms with Crippen LogP contribution in [0.25, 0.3) is 0 Å². The minimum atomic E-state index is 1.01. The first kappa shape index (κ1) is 15.3. The number of fused-ring (bicyclic) bond motifs is 2. The second-order valence-corrected chi connectivity index (χ2v) is 10.8. The average Bonchev–Trinajstić information content (AvgIpc) is 2.55. The van der Waals surface area contributed by atoms with Gasteiger partial charge in [-0.15, -0.1) is 0 Å². The zero-order valence-electron chi connectivity index (χ0n) is 15.7. The van der Waals surface area contributed by atoms with Gasteiger partial charge in [0.1, 0.15) is 0 Å². The molecular formula is C23H38. The van der Waals surface area contributed by atoms with Crippen molar-refractivity contribution in [2.75, 3.05) is 0 Å². The second-order valence-electron chi connectivity index (χ2n) is 10.8. The minimum absolute atomic E-state index is 1.01. The van der Waals surface area contributed by atoms with Gasteiger partial charge in [0.05, 0.1) is 0 Å². The molecular weight excluding hydrogens is 276 g/mol. The highest BCUT2D eigenvalue weighted by Crippen LogP contribution is 2.66. The van der Waals surface area contributed by atoms with Crippen LogP contribution in [0.15, 0.2) is 0 Å². The van der Waals surface area contributed by atoms with Crippen LogP contribution in [0.1, 0.15) is 78.6 Å². The highest BCUT2D eigenvalue weighted by Gasteiger charge is 2.59. The highest BCUT2D eigenvalue weighted by atomic mass is 14.6. The molecule has 0 spiro atoms. The molecule has 130 valence electrons. The highest BCUT2D eigenvalue weighted by molar-refractivity contribution is 5.08. The van der Waals surface area contributed by atoms with Crippen molar-refractivity contribution in [3.8, 4) is 0 Å². The zero-order valence-corrected chi connectivity index (χ0v) is 15.7. The molecule has 0 nitrogen and oxygen atoms in total. The van der Waals surface area contributed by atoms with Crippen LogP contribution in [0.2, 0.25) is 0 Å². The molecule has 0 heterocycles. The van der Waals surface area contributed by atoms with E-state index < -0.39 is 0 Å². The van der Waals surface area contributed by atoms with Crippen molar-refractivity contribution >= 4 is 0 Å². The summed E-state index contributed by atoms with van der Waals surface area (Å²) in [4.78, 5) is 0. The van der Waals surface area contributed by atoms with E-state index in [2.05, 4.69) is 20.8 Å². The molecule has 5 aliphatic carbocycles. The number of hydrogen-bond acceptors (Lipinski definition) is 0. The molecule has 5 rings (SSSR count). The van der Waals surface area contributed by atoms with Crippen molar-refractivity contribution in [2.45, 2.75) is 78.6 Å². The van der Waals surface area contributed by atoms with Crippen molar-refractivity contribution in [1.82, 2.24) is 0 Å². The summed E-state index contributed by atoms with van der Waals surface area (Å²) in [5.41, 5.74) is 0. The van der Waals surface area contributed by atoms with Crippen LogP contribution in [0.3, 0.4) is 0 Å². The van der Waals surface area contributed by atoms with Crippen LogP contribution < -0.4 is 0 Å². The standard InChI is InChI=1S/C23H38/c1-13-11-20-15(3)8-10-19-18-9-7-14(2)16-5-4-6-17(22(16)18)21(12-13)23(19)20/h13-23H,4-12H2,1-3H3. The summed E-state index contributed by atoms with van der Waals surface area (Å²) in [5, 5.41) is 0. The predicted molar refractivity (Wildman–Crippen MR) is 97.0 cm³/mol. The van der Waals surface area contributed by atoms with E-state index in [9.17, 15) is 0 Å². The normalized spacial score (nSPS) is 61.4. The Hall–Kier alpha value is 0. The predicted octanol–water partition coefficient (Wildman–Crippen LogP) is 6.40. The molecule has 11 atom stereocenters. The van der Waals surface area contributed by atoms with Crippen LogP contribution in [0.5, 0.6) is 0 Å². The fraction of sp³-hybridized carbons (Fsp3) is 1.00. The van der Waals surface area contributed by atoms with Gasteiger partial charge in [-0.3, -0.25) is 0 Å². The maximum atomic E-state index is 2.61. The van der Waals surface area contributed by atoms with Crippen LogP contribution in [0.4, 0.5) is 0 Å². The first-order valence-corrected chi connectivity index (χ1v) is 11.1. The molecule has 11 unspecified atom stereocenters. The Morgan fingerprint density at radius 2 is 1.00 bits per heavy atom. The largest absolute Gasteiger partial charge is 0.0625 e. The Balaban J connectivity index is 1.55. The van der Waals surface area contributed by atoms with Crippen molar-refractivity contribution in [2.24, 2.45) is 65.1 Å². The summed E-state index contributed by atoms with van der Waals surface area (Å²) in [6, 6.07) is 0. The molecule has 23 heavy (non-hydrogen) atoms. The molecule has 0 N–H and O–H groups in total. The first-order valence-electron chi connectivity index (χ1n) is 11.1. The van der Waals surface area contributed by atoms with Crippen molar-refractivity contribution in [3.05, 3.63) is 0 Å². The topological polar surface area (TPSA) is 0 Å². The van der Waals surface area contributed by atoms with Crippen LogP contribution in [0, 0.1) is 65.1 Å². The van der Waals surface area contributed by atoms with Gasteiger partial charge in [-0.1, -0.05) is 40.0 Å². The Labute approximate surface area is 144 Å². The molecule has 0 radical (unpaired) electrons. The summed E-state index contributed by atoms with van der Waals surface area (Å²) < 4.78 is 0. The Morgan fingerprint density at radius 3 is 1.74 bits per heavy atom. The van der Waals surface area contributed by atoms with Gasteiger partial charge in [0, 0.05) is 0 Å². The lowest BCUT2D eigenvalue weighted by Gasteiger charge is -2.65. The van der Waals surface area contributed by atoms with E-state index in [4.69, 9.17) is 0 Å². The maximum absolute atomic E-state index is 2.61. The molecule has 0 bridgehead atoms. The first-order chi connectivity index (χ1) is 11.1. The SMILES string of the molecule is CC1CC2C(C)CCC3C4CCC(C)C5CCCC(C(C1)C23)C54. The lowest BCUT2D eigenvalue weighted by atomic mass is 9.40. The van der Waals surface area contributed by atoms with Gasteiger partial charge < -0.3 is 0 Å². The lowest BCUT2D eigenvalue weighted by molar-refractivity contribution is -0.164. The molecule has 5 fully saturated rings. The van der Waals surface area contributed by atoms with Gasteiger partial charge in [-0.05, 0) is 104 Å². The van der Waals surface area contributed by atoms with Crippen molar-refractivity contribution in [3.63, 3.8) is 0 Å². The van der Waals surface area contributed by atoms with Gasteiger partial charge in [0.2, 0.25) is 0 Å².